The highest BCUT2D eigenvalue weighted by atomic mass is 35.5. The number of halogens is 2. The van der Waals surface area contributed by atoms with Crippen LogP contribution in [-0.4, -0.2) is 42.5 Å². The number of urea groups is 1. The number of hydrogen-bond acceptors (Lipinski definition) is 5. The third-order valence-electron chi connectivity index (χ3n) is 4.60. The van der Waals surface area contributed by atoms with Crippen LogP contribution >= 0.6 is 23.2 Å². The third kappa shape index (κ3) is 4.99. The molecule has 7 nitrogen and oxygen atoms in total. The number of nitrogens with zero attached hydrogens (tertiary/aromatic N) is 3. The smallest absolute Gasteiger partial charge is 0.323 e. The topological polar surface area (TPSA) is 79.4 Å². The number of rotatable bonds is 4. The van der Waals surface area contributed by atoms with E-state index in [0.717, 1.165) is 30.2 Å². The van der Waals surface area contributed by atoms with Crippen LogP contribution in [0.1, 0.15) is 0 Å². The molecule has 2 heterocycles. The van der Waals surface area contributed by atoms with E-state index in [0.29, 0.717) is 34.6 Å². The summed E-state index contributed by atoms with van der Waals surface area (Å²) < 4.78 is 5.36. The molecule has 1 aliphatic heterocycles. The minimum Gasteiger partial charge on any atom is -0.378 e. The molecule has 0 spiro atoms. The Labute approximate surface area is 184 Å². The van der Waals surface area contributed by atoms with Crippen molar-refractivity contribution < 1.29 is 9.53 Å². The number of amides is 2. The van der Waals surface area contributed by atoms with E-state index in [1.807, 2.05) is 24.3 Å². The van der Waals surface area contributed by atoms with Gasteiger partial charge in [0.2, 0.25) is 0 Å². The lowest BCUT2D eigenvalue weighted by Gasteiger charge is -2.27. The standard InChI is InChI=1S/C21H19Cl2N5O2/c22-15-3-6-17(23)19(13-15)25-21(29)24-16-4-1-14(2-5-16)18-7-8-20(27-26-18)28-9-11-30-12-10-28/h1-8,13H,9-12H2,(H2,24,25,29). The molecule has 0 unspecified atom stereocenters. The SMILES string of the molecule is O=C(Nc1ccc(-c2ccc(N3CCOCC3)nn2)cc1)Nc1cc(Cl)ccc1Cl. The van der Waals surface area contributed by atoms with Gasteiger partial charge in [0.1, 0.15) is 0 Å². The van der Waals surface area contributed by atoms with E-state index < -0.39 is 6.03 Å². The van der Waals surface area contributed by atoms with Crippen molar-refractivity contribution in [3.63, 3.8) is 0 Å². The van der Waals surface area contributed by atoms with Crippen LogP contribution < -0.4 is 15.5 Å². The zero-order valence-corrected chi connectivity index (χ0v) is 17.5. The molecule has 1 saturated heterocycles. The number of benzene rings is 2. The van der Waals surface area contributed by atoms with Gasteiger partial charge in [-0.15, -0.1) is 10.2 Å². The average Bonchev–Trinajstić information content (AvgIpc) is 2.77. The van der Waals surface area contributed by atoms with Crippen LogP contribution in [0.15, 0.2) is 54.6 Å². The van der Waals surface area contributed by atoms with E-state index in [-0.39, 0.29) is 0 Å². The predicted molar refractivity (Wildman–Crippen MR) is 120 cm³/mol. The molecule has 2 N–H and O–H groups in total. The summed E-state index contributed by atoms with van der Waals surface area (Å²) in [6.07, 6.45) is 0. The Hall–Kier alpha value is -2.87. The van der Waals surface area contributed by atoms with Crippen LogP contribution in [0.3, 0.4) is 0 Å². The average molecular weight is 444 g/mol. The molecule has 1 aliphatic rings. The molecular weight excluding hydrogens is 425 g/mol. The second-order valence-electron chi connectivity index (χ2n) is 6.66. The lowest BCUT2D eigenvalue weighted by atomic mass is 10.1. The van der Waals surface area contributed by atoms with Gasteiger partial charge in [-0.05, 0) is 42.5 Å². The Morgan fingerprint density at radius 1 is 0.933 bits per heavy atom. The van der Waals surface area contributed by atoms with E-state index in [9.17, 15) is 4.79 Å². The van der Waals surface area contributed by atoms with Crippen LogP contribution in [0.4, 0.5) is 22.0 Å². The van der Waals surface area contributed by atoms with Crippen molar-refractivity contribution in [1.82, 2.24) is 10.2 Å². The first-order valence-electron chi connectivity index (χ1n) is 9.38. The van der Waals surface area contributed by atoms with Crippen LogP contribution in [-0.2, 0) is 4.74 Å². The van der Waals surface area contributed by atoms with Gasteiger partial charge in [0.15, 0.2) is 5.82 Å². The molecule has 0 atom stereocenters. The second-order valence-corrected chi connectivity index (χ2v) is 7.50. The fourth-order valence-corrected chi connectivity index (χ4v) is 3.38. The first-order valence-corrected chi connectivity index (χ1v) is 10.1. The molecule has 1 aromatic heterocycles. The molecular formula is C21H19Cl2N5O2. The maximum atomic E-state index is 12.2. The number of morpholine rings is 1. The van der Waals surface area contributed by atoms with Crippen LogP contribution in [0.25, 0.3) is 11.3 Å². The van der Waals surface area contributed by atoms with E-state index in [1.165, 1.54) is 0 Å². The molecule has 30 heavy (non-hydrogen) atoms. The van der Waals surface area contributed by atoms with Crippen molar-refractivity contribution >= 4 is 46.4 Å². The minimum absolute atomic E-state index is 0.406. The van der Waals surface area contributed by atoms with Gasteiger partial charge in [-0.2, -0.15) is 0 Å². The molecule has 3 aromatic rings. The third-order valence-corrected chi connectivity index (χ3v) is 5.17. The highest BCUT2D eigenvalue weighted by molar-refractivity contribution is 6.35. The molecule has 4 rings (SSSR count). The highest BCUT2D eigenvalue weighted by Gasteiger charge is 2.13. The summed E-state index contributed by atoms with van der Waals surface area (Å²) >= 11 is 12.0. The van der Waals surface area contributed by atoms with Crippen molar-refractivity contribution in [2.24, 2.45) is 0 Å². The van der Waals surface area contributed by atoms with Crippen LogP contribution in [0, 0.1) is 0 Å². The number of nitrogens with one attached hydrogen (secondary N) is 2. The zero-order chi connectivity index (χ0) is 20.9. The Kier molecular flexibility index (Phi) is 6.32. The molecule has 0 bridgehead atoms. The lowest BCUT2D eigenvalue weighted by Crippen LogP contribution is -2.36. The number of carbonyl (C=O) groups is 1. The number of carbonyl (C=O) groups excluding carboxylic acids is 1. The molecule has 0 radical (unpaired) electrons. The van der Waals surface area contributed by atoms with Gasteiger partial charge >= 0.3 is 6.03 Å². The minimum atomic E-state index is -0.415. The fraction of sp³-hybridized carbons (Fsp3) is 0.190. The Balaban J connectivity index is 1.39. The van der Waals surface area contributed by atoms with Crippen molar-refractivity contribution in [3.05, 3.63) is 64.6 Å². The van der Waals surface area contributed by atoms with Gasteiger partial charge in [0.05, 0.1) is 29.6 Å². The van der Waals surface area contributed by atoms with E-state index in [2.05, 4.69) is 25.7 Å². The van der Waals surface area contributed by atoms with Crippen molar-refractivity contribution in [2.75, 3.05) is 41.8 Å². The summed E-state index contributed by atoms with van der Waals surface area (Å²) in [5.41, 5.74) is 2.73. The van der Waals surface area contributed by atoms with Gasteiger partial charge in [0.25, 0.3) is 0 Å². The van der Waals surface area contributed by atoms with Crippen molar-refractivity contribution in [3.8, 4) is 11.3 Å². The monoisotopic (exact) mass is 443 g/mol. The highest BCUT2D eigenvalue weighted by Crippen LogP contribution is 2.26. The van der Waals surface area contributed by atoms with Gasteiger partial charge in [-0.1, -0.05) is 35.3 Å². The first kappa shape index (κ1) is 20.4. The summed E-state index contributed by atoms with van der Waals surface area (Å²) in [4.78, 5) is 14.4. The maximum Gasteiger partial charge on any atom is 0.323 e. The Morgan fingerprint density at radius 2 is 1.70 bits per heavy atom. The molecule has 0 aliphatic carbocycles. The number of anilines is 3. The summed E-state index contributed by atoms with van der Waals surface area (Å²) in [6, 6.07) is 15.7. The number of ether oxygens (including phenoxy) is 1. The van der Waals surface area contributed by atoms with E-state index in [4.69, 9.17) is 27.9 Å². The van der Waals surface area contributed by atoms with Gasteiger partial charge in [0, 0.05) is 29.4 Å². The largest absolute Gasteiger partial charge is 0.378 e. The lowest BCUT2D eigenvalue weighted by molar-refractivity contribution is 0.122. The Bertz CT molecular complexity index is 1020. The van der Waals surface area contributed by atoms with Gasteiger partial charge in [-0.25, -0.2) is 4.79 Å². The predicted octanol–water partition coefficient (Wildman–Crippen LogP) is 4.93. The molecule has 2 amide bonds. The second kappa shape index (κ2) is 9.30. The summed E-state index contributed by atoms with van der Waals surface area (Å²) in [6.45, 7) is 3.04. The molecule has 2 aromatic carbocycles. The van der Waals surface area contributed by atoms with Crippen molar-refractivity contribution in [2.45, 2.75) is 0 Å². The molecule has 1 fully saturated rings. The normalized spacial score (nSPS) is 13.7. The summed E-state index contributed by atoms with van der Waals surface area (Å²) in [7, 11) is 0. The summed E-state index contributed by atoms with van der Waals surface area (Å²) in [5, 5.41) is 15.0. The molecule has 0 saturated carbocycles. The Morgan fingerprint density at radius 3 is 2.40 bits per heavy atom. The molecule has 154 valence electrons. The van der Waals surface area contributed by atoms with Crippen LogP contribution in [0.2, 0.25) is 10.0 Å². The zero-order valence-electron chi connectivity index (χ0n) is 15.9. The first-order chi connectivity index (χ1) is 14.6. The van der Waals surface area contributed by atoms with Crippen molar-refractivity contribution in [1.29, 1.82) is 0 Å². The van der Waals surface area contributed by atoms with Gasteiger partial charge in [-0.3, -0.25) is 0 Å². The summed E-state index contributed by atoms with van der Waals surface area (Å²) in [5.74, 6) is 0.844. The van der Waals surface area contributed by atoms with E-state index in [1.54, 1.807) is 30.3 Å². The number of hydrogen-bond donors (Lipinski definition) is 2. The van der Waals surface area contributed by atoms with Crippen LogP contribution in [0.5, 0.6) is 0 Å². The quantitative estimate of drug-likeness (QED) is 0.597. The maximum absolute atomic E-state index is 12.2. The molecule has 9 heteroatoms. The fourth-order valence-electron chi connectivity index (χ4n) is 3.04. The van der Waals surface area contributed by atoms with E-state index >= 15 is 0 Å². The number of aromatic nitrogens is 2. The van der Waals surface area contributed by atoms with Gasteiger partial charge < -0.3 is 20.3 Å².